The summed E-state index contributed by atoms with van der Waals surface area (Å²) in [7, 11) is 0. The van der Waals surface area contributed by atoms with Gasteiger partial charge in [0.2, 0.25) is 5.91 Å². The number of rotatable bonds is 5. The van der Waals surface area contributed by atoms with Crippen LogP contribution >= 0.6 is 0 Å². The predicted molar refractivity (Wildman–Crippen MR) is 47.1 cm³/mol. The average Bonchev–Trinajstić information content (AvgIpc) is 2.39. The fourth-order valence-electron chi connectivity index (χ4n) is 1.43. The highest BCUT2D eigenvalue weighted by Gasteiger charge is 2.26. The van der Waals surface area contributed by atoms with Crippen LogP contribution in [-0.2, 0) is 9.59 Å². The number of carbonyl (C=O) groups is 2. The predicted octanol–water partition coefficient (Wildman–Crippen LogP) is -0.0496. The first kappa shape index (κ1) is 10.2. The first-order valence-corrected chi connectivity index (χ1v) is 4.64. The van der Waals surface area contributed by atoms with E-state index in [1.807, 2.05) is 0 Å². The van der Waals surface area contributed by atoms with E-state index in [0.29, 0.717) is 6.54 Å². The van der Waals surface area contributed by atoms with Crippen molar-refractivity contribution in [2.75, 3.05) is 19.7 Å². The summed E-state index contributed by atoms with van der Waals surface area (Å²) in [6, 6.07) is 0. The molecule has 0 aromatic heterocycles. The molecule has 0 unspecified atom stereocenters. The summed E-state index contributed by atoms with van der Waals surface area (Å²) in [4.78, 5) is 23.6. The molecule has 0 radical (unpaired) electrons. The normalized spacial score (nSPS) is 17.2. The molecule has 1 heterocycles. The van der Waals surface area contributed by atoms with Crippen molar-refractivity contribution in [1.82, 2.24) is 4.90 Å². The smallest absolute Gasteiger partial charge is 0.230 e. The largest absolute Gasteiger partial charge is 0.396 e. The number of Topliss-reactive ketones (excluding diaryl/α,β-unsaturated/α-hetero) is 1. The summed E-state index contributed by atoms with van der Waals surface area (Å²) in [6.07, 6.45) is 2.64. The number of ketones is 1. The van der Waals surface area contributed by atoms with Crippen LogP contribution in [0.3, 0.4) is 0 Å². The van der Waals surface area contributed by atoms with Crippen molar-refractivity contribution < 1.29 is 14.7 Å². The van der Waals surface area contributed by atoms with Crippen molar-refractivity contribution in [3.05, 3.63) is 0 Å². The molecule has 4 nitrogen and oxygen atoms in total. The van der Waals surface area contributed by atoms with Crippen LogP contribution in [0.1, 0.15) is 25.7 Å². The van der Waals surface area contributed by atoms with Gasteiger partial charge in [-0.2, -0.15) is 0 Å². The maximum Gasteiger partial charge on any atom is 0.230 e. The van der Waals surface area contributed by atoms with Crippen LogP contribution in [-0.4, -0.2) is 41.4 Å². The Hall–Kier alpha value is -0.900. The van der Waals surface area contributed by atoms with Crippen LogP contribution in [0, 0.1) is 0 Å². The van der Waals surface area contributed by atoms with E-state index in [1.165, 1.54) is 0 Å². The van der Waals surface area contributed by atoms with Crippen LogP contribution < -0.4 is 0 Å². The number of nitrogens with zero attached hydrogens (tertiary/aromatic N) is 1. The molecule has 0 aromatic carbocycles. The van der Waals surface area contributed by atoms with Crippen molar-refractivity contribution in [3.8, 4) is 0 Å². The van der Waals surface area contributed by atoms with Gasteiger partial charge in [-0.15, -0.1) is 0 Å². The minimum absolute atomic E-state index is 0.0205. The molecule has 1 fully saturated rings. The van der Waals surface area contributed by atoms with E-state index in [0.717, 1.165) is 19.3 Å². The summed E-state index contributed by atoms with van der Waals surface area (Å²) in [5.41, 5.74) is 0. The quantitative estimate of drug-likeness (QED) is 0.482. The van der Waals surface area contributed by atoms with Crippen molar-refractivity contribution in [2.45, 2.75) is 25.7 Å². The van der Waals surface area contributed by atoms with Crippen LogP contribution in [0.15, 0.2) is 0 Å². The monoisotopic (exact) mass is 185 g/mol. The molecule has 1 rings (SSSR count). The lowest BCUT2D eigenvalue weighted by molar-refractivity contribution is -0.127. The van der Waals surface area contributed by atoms with Gasteiger partial charge in [0.25, 0.3) is 0 Å². The number of hydrogen-bond donors (Lipinski definition) is 1. The standard InChI is InChI=1S/C9H15NO3/c11-5-3-1-2-4-10-7-8(12)6-9(10)13/h11H,1-7H2. The molecule has 1 aliphatic heterocycles. The highest BCUT2D eigenvalue weighted by Crippen LogP contribution is 2.08. The molecule has 74 valence electrons. The third-order valence-electron chi connectivity index (χ3n) is 2.15. The lowest BCUT2D eigenvalue weighted by atomic mass is 10.2. The minimum atomic E-state index is -0.0472. The van der Waals surface area contributed by atoms with E-state index < -0.39 is 0 Å². The Balaban J connectivity index is 2.14. The van der Waals surface area contributed by atoms with Gasteiger partial charge < -0.3 is 10.0 Å². The number of aliphatic hydroxyl groups is 1. The number of unbranched alkanes of at least 4 members (excludes halogenated alkanes) is 2. The number of amides is 1. The second-order valence-electron chi connectivity index (χ2n) is 3.32. The summed E-state index contributed by atoms with van der Waals surface area (Å²) >= 11 is 0. The average molecular weight is 185 g/mol. The topological polar surface area (TPSA) is 57.6 Å². The molecule has 1 saturated heterocycles. The van der Waals surface area contributed by atoms with E-state index in [4.69, 9.17) is 5.11 Å². The molecular formula is C9H15NO3. The van der Waals surface area contributed by atoms with Gasteiger partial charge in [0, 0.05) is 13.2 Å². The molecule has 0 atom stereocenters. The molecule has 1 N–H and O–H groups in total. The van der Waals surface area contributed by atoms with Crippen LogP contribution in [0.5, 0.6) is 0 Å². The Bertz CT molecular complexity index is 203. The number of aliphatic hydroxyl groups excluding tert-OH is 1. The third-order valence-corrected chi connectivity index (χ3v) is 2.15. The minimum Gasteiger partial charge on any atom is -0.396 e. The number of likely N-dealkylation sites (tertiary alicyclic amines) is 1. The highest BCUT2D eigenvalue weighted by molar-refractivity contribution is 6.05. The summed E-state index contributed by atoms with van der Waals surface area (Å²) in [6.45, 7) is 1.15. The van der Waals surface area contributed by atoms with Crippen LogP contribution in [0.2, 0.25) is 0 Å². The lowest BCUT2D eigenvalue weighted by Crippen LogP contribution is -2.26. The van der Waals surface area contributed by atoms with E-state index >= 15 is 0 Å². The zero-order valence-electron chi connectivity index (χ0n) is 7.66. The first-order valence-electron chi connectivity index (χ1n) is 4.64. The zero-order valence-corrected chi connectivity index (χ0v) is 7.66. The maximum absolute atomic E-state index is 11.1. The van der Waals surface area contributed by atoms with Crippen LogP contribution in [0.4, 0.5) is 0 Å². The van der Waals surface area contributed by atoms with E-state index in [2.05, 4.69) is 0 Å². The van der Waals surface area contributed by atoms with E-state index in [1.54, 1.807) is 4.90 Å². The molecule has 0 aromatic rings. The van der Waals surface area contributed by atoms with Gasteiger partial charge in [0.05, 0.1) is 13.0 Å². The zero-order chi connectivity index (χ0) is 9.68. The van der Waals surface area contributed by atoms with Crippen molar-refractivity contribution in [2.24, 2.45) is 0 Å². The molecule has 4 heteroatoms. The molecule has 0 spiro atoms. The summed E-state index contributed by atoms with van der Waals surface area (Å²) in [5, 5.41) is 8.52. The van der Waals surface area contributed by atoms with Gasteiger partial charge in [0.15, 0.2) is 5.78 Å². The van der Waals surface area contributed by atoms with Gasteiger partial charge in [-0.05, 0) is 19.3 Å². The number of hydrogen-bond acceptors (Lipinski definition) is 3. The Labute approximate surface area is 77.5 Å². The van der Waals surface area contributed by atoms with E-state index in [-0.39, 0.29) is 31.3 Å². The highest BCUT2D eigenvalue weighted by atomic mass is 16.3. The van der Waals surface area contributed by atoms with Crippen LogP contribution in [0.25, 0.3) is 0 Å². The maximum atomic E-state index is 11.1. The molecule has 0 saturated carbocycles. The Morgan fingerprint density at radius 3 is 2.54 bits per heavy atom. The third kappa shape index (κ3) is 3.14. The lowest BCUT2D eigenvalue weighted by Gasteiger charge is -2.13. The van der Waals surface area contributed by atoms with Gasteiger partial charge in [0.1, 0.15) is 0 Å². The fourth-order valence-corrected chi connectivity index (χ4v) is 1.43. The summed E-state index contributed by atoms with van der Waals surface area (Å²) < 4.78 is 0. The van der Waals surface area contributed by atoms with Crippen molar-refractivity contribution in [3.63, 3.8) is 0 Å². The van der Waals surface area contributed by atoms with Gasteiger partial charge >= 0.3 is 0 Å². The Morgan fingerprint density at radius 1 is 1.23 bits per heavy atom. The second kappa shape index (κ2) is 4.97. The molecule has 0 bridgehead atoms. The molecule has 1 amide bonds. The first-order chi connectivity index (χ1) is 6.24. The Morgan fingerprint density at radius 2 is 2.00 bits per heavy atom. The molecular weight excluding hydrogens is 170 g/mol. The number of carbonyl (C=O) groups excluding carboxylic acids is 2. The Kier molecular flexibility index (Phi) is 3.89. The van der Waals surface area contributed by atoms with Gasteiger partial charge in [-0.1, -0.05) is 0 Å². The summed E-state index contributed by atoms with van der Waals surface area (Å²) in [5.74, 6) is -0.0267. The SMILES string of the molecule is O=C1CC(=O)N(CCCCCO)C1. The fraction of sp³-hybridized carbons (Fsp3) is 0.778. The molecule has 1 aliphatic rings. The van der Waals surface area contributed by atoms with Crippen molar-refractivity contribution in [1.29, 1.82) is 0 Å². The van der Waals surface area contributed by atoms with Gasteiger partial charge in [-0.3, -0.25) is 9.59 Å². The van der Waals surface area contributed by atoms with Gasteiger partial charge in [-0.25, -0.2) is 0 Å². The second-order valence-corrected chi connectivity index (χ2v) is 3.32. The van der Waals surface area contributed by atoms with Crippen molar-refractivity contribution >= 4 is 11.7 Å². The molecule has 0 aliphatic carbocycles. The van der Waals surface area contributed by atoms with E-state index in [9.17, 15) is 9.59 Å². The molecule has 13 heavy (non-hydrogen) atoms.